The third-order valence-corrected chi connectivity index (χ3v) is 5.45. The lowest BCUT2D eigenvalue weighted by atomic mass is 10.0. The second-order valence-electron chi connectivity index (χ2n) is 7.02. The molecule has 5 N–H and O–H groups in total. The molecule has 0 unspecified atom stereocenters. The van der Waals surface area contributed by atoms with Crippen molar-refractivity contribution in [3.05, 3.63) is 83.7 Å². The predicted octanol–water partition coefficient (Wildman–Crippen LogP) is 4.13. The Morgan fingerprint density at radius 2 is 1.66 bits per heavy atom. The average molecular weight is 445 g/mol. The number of phenols is 1. The van der Waals surface area contributed by atoms with Crippen LogP contribution in [0.25, 0.3) is 22.4 Å². The Hall–Kier alpha value is -4.17. The maximum absolute atomic E-state index is 12.2. The molecule has 32 heavy (non-hydrogen) atoms. The summed E-state index contributed by atoms with van der Waals surface area (Å²) < 4.78 is 0. The summed E-state index contributed by atoms with van der Waals surface area (Å²) >= 11 is 1.31. The lowest BCUT2D eigenvalue weighted by molar-refractivity contribution is -0.115. The van der Waals surface area contributed by atoms with Crippen molar-refractivity contribution in [2.24, 2.45) is 0 Å². The number of anilines is 2. The number of rotatable bonds is 6. The molecule has 0 spiro atoms. The van der Waals surface area contributed by atoms with Crippen molar-refractivity contribution in [1.82, 2.24) is 10.3 Å². The second-order valence-corrected chi connectivity index (χ2v) is 7.88. The van der Waals surface area contributed by atoms with Gasteiger partial charge in [-0.15, -0.1) is 11.3 Å². The molecule has 0 aliphatic heterocycles. The SMILES string of the molecule is Nc1ccc(C(=O)NCC(=O)Nc2nc(-c3cccc(-c4ccc(O)cc4)c3)cs2)cc1. The number of aromatic hydroxyl groups is 1. The number of phenolic OH excluding ortho intramolecular Hbond substituents is 1. The molecule has 160 valence electrons. The van der Waals surface area contributed by atoms with Crippen LogP contribution in [0.2, 0.25) is 0 Å². The van der Waals surface area contributed by atoms with Gasteiger partial charge in [0.05, 0.1) is 12.2 Å². The van der Waals surface area contributed by atoms with Gasteiger partial charge in [0.1, 0.15) is 5.75 Å². The van der Waals surface area contributed by atoms with E-state index >= 15 is 0 Å². The highest BCUT2D eigenvalue weighted by atomic mass is 32.1. The number of carbonyl (C=O) groups is 2. The fourth-order valence-electron chi connectivity index (χ4n) is 3.04. The van der Waals surface area contributed by atoms with Crippen LogP contribution >= 0.6 is 11.3 Å². The Balaban J connectivity index is 1.38. The summed E-state index contributed by atoms with van der Waals surface area (Å²) in [5.74, 6) is -0.506. The average Bonchev–Trinajstić information content (AvgIpc) is 3.27. The van der Waals surface area contributed by atoms with Crippen molar-refractivity contribution < 1.29 is 14.7 Å². The zero-order valence-corrected chi connectivity index (χ0v) is 17.7. The number of thiazole rings is 1. The molecule has 0 bridgehead atoms. The van der Waals surface area contributed by atoms with Gasteiger partial charge >= 0.3 is 0 Å². The minimum Gasteiger partial charge on any atom is -0.508 e. The molecule has 8 heteroatoms. The largest absolute Gasteiger partial charge is 0.508 e. The molecular formula is C24H20N4O3S. The number of nitrogen functional groups attached to an aromatic ring is 1. The number of nitrogens with one attached hydrogen (secondary N) is 2. The second kappa shape index (κ2) is 9.32. The van der Waals surface area contributed by atoms with Gasteiger partial charge in [-0.25, -0.2) is 4.98 Å². The van der Waals surface area contributed by atoms with E-state index < -0.39 is 0 Å². The molecule has 0 saturated carbocycles. The van der Waals surface area contributed by atoms with Crippen LogP contribution in [0.15, 0.2) is 78.2 Å². The zero-order valence-electron chi connectivity index (χ0n) is 16.9. The highest BCUT2D eigenvalue weighted by Gasteiger charge is 2.11. The van der Waals surface area contributed by atoms with Crippen LogP contribution in [0.3, 0.4) is 0 Å². The van der Waals surface area contributed by atoms with Crippen LogP contribution in [0.5, 0.6) is 5.75 Å². The summed E-state index contributed by atoms with van der Waals surface area (Å²) in [5.41, 5.74) is 10.2. The summed E-state index contributed by atoms with van der Waals surface area (Å²) in [7, 11) is 0. The van der Waals surface area contributed by atoms with Gasteiger partial charge in [-0.05, 0) is 53.6 Å². The lowest BCUT2D eigenvalue weighted by Gasteiger charge is -2.06. The third-order valence-electron chi connectivity index (χ3n) is 4.69. The zero-order chi connectivity index (χ0) is 22.5. The van der Waals surface area contributed by atoms with Gasteiger partial charge in [0.2, 0.25) is 5.91 Å². The number of aromatic nitrogens is 1. The summed E-state index contributed by atoms with van der Waals surface area (Å²) in [6.45, 7) is -0.172. The normalized spacial score (nSPS) is 10.5. The Labute approximate surface area is 188 Å². The molecule has 7 nitrogen and oxygen atoms in total. The summed E-state index contributed by atoms with van der Waals surface area (Å²) in [6, 6.07) is 21.3. The molecular weight excluding hydrogens is 424 g/mol. The Kier molecular flexibility index (Phi) is 6.14. The summed E-state index contributed by atoms with van der Waals surface area (Å²) in [4.78, 5) is 28.8. The van der Waals surface area contributed by atoms with E-state index in [4.69, 9.17) is 5.73 Å². The van der Waals surface area contributed by atoms with E-state index in [1.807, 2.05) is 41.8 Å². The van der Waals surface area contributed by atoms with Crippen LogP contribution in [0, 0.1) is 0 Å². The van der Waals surface area contributed by atoms with E-state index in [0.717, 1.165) is 22.4 Å². The minimum atomic E-state index is -0.368. The van der Waals surface area contributed by atoms with Gasteiger partial charge in [-0.3, -0.25) is 9.59 Å². The monoisotopic (exact) mass is 444 g/mol. The molecule has 2 amide bonds. The molecule has 0 aliphatic carbocycles. The van der Waals surface area contributed by atoms with Gasteiger partial charge in [-0.1, -0.05) is 30.3 Å². The van der Waals surface area contributed by atoms with E-state index in [1.165, 1.54) is 11.3 Å². The number of amides is 2. The predicted molar refractivity (Wildman–Crippen MR) is 126 cm³/mol. The lowest BCUT2D eigenvalue weighted by Crippen LogP contribution is -2.32. The van der Waals surface area contributed by atoms with Gasteiger partial charge in [0, 0.05) is 22.2 Å². The molecule has 1 heterocycles. The van der Waals surface area contributed by atoms with E-state index in [0.29, 0.717) is 16.4 Å². The van der Waals surface area contributed by atoms with E-state index in [1.54, 1.807) is 36.4 Å². The first-order chi connectivity index (χ1) is 15.5. The number of hydrogen-bond acceptors (Lipinski definition) is 6. The Morgan fingerprint density at radius 1 is 0.938 bits per heavy atom. The summed E-state index contributed by atoms with van der Waals surface area (Å²) in [6.07, 6.45) is 0. The quantitative estimate of drug-likeness (QED) is 0.334. The van der Waals surface area contributed by atoms with E-state index in [2.05, 4.69) is 15.6 Å². The molecule has 0 aliphatic rings. The van der Waals surface area contributed by atoms with E-state index in [-0.39, 0.29) is 24.1 Å². The van der Waals surface area contributed by atoms with Crippen LogP contribution in [-0.2, 0) is 4.79 Å². The number of hydrogen-bond donors (Lipinski definition) is 4. The first-order valence-corrected chi connectivity index (χ1v) is 10.6. The molecule has 4 rings (SSSR count). The molecule has 0 fully saturated rings. The van der Waals surface area contributed by atoms with Crippen molar-refractivity contribution in [3.8, 4) is 28.1 Å². The minimum absolute atomic E-state index is 0.172. The van der Waals surface area contributed by atoms with Crippen molar-refractivity contribution in [2.45, 2.75) is 0 Å². The molecule has 0 atom stereocenters. The Bertz CT molecular complexity index is 1250. The fraction of sp³-hybridized carbons (Fsp3) is 0.0417. The van der Waals surface area contributed by atoms with Crippen LogP contribution < -0.4 is 16.4 Å². The summed E-state index contributed by atoms with van der Waals surface area (Å²) in [5, 5.41) is 17.1. The first-order valence-electron chi connectivity index (χ1n) is 9.77. The van der Waals surface area contributed by atoms with Crippen molar-refractivity contribution in [1.29, 1.82) is 0 Å². The Morgan fingerprint density at radius 3 is 2.41 bits per heavy atom. The number of nitrogens with zero attached hydrogens (tertiary/aromatic N) is 1. The topological polar surface area (TPSA) is 117 Å². The van der Waals surface area contributed by atoms with Crippen molar-refractivity contribution >= 4 is 34.0 Å². The third kappa shape index (κ3) is 5.11. The fourth-order valence-corrected chi connectivity index (χ4v) is 3.77. The number of carbonyl (C=O) groups excluding carboxylic acids is 2. The van der Waals surface area contributed by atoms with Crippen molar-refractivity contribution in [3.63, 3.8) is 0 Å². The highest BCUT2D eigenvalue weighted by molar-refractivity contribution is 7.14. The molecule has 0 radical (unpaired) electrons. The maximum atomic E-state index is 12.2. The molecule has 1 aromatic heterocycles. The van der Waals surface area contributed by atoms with Gasteiger partial charge < -0.3 is 21.5 Å². The van der Waals surface area contributed by atoms with Gasteiger partial charge in [0.15, 0.2) is 5.13 Å². The molecule has 3 aromatic carbocycles. The van der Waals surface area contributed by atoms with Crippen LogP contribution in [-0.4, -0.2) is 28.4 Å². The van der Waals surface area contributed by atoms with Gasteiger partial charge in [0.25, 0.3) is 5.91 Å². The molecule has 4 aromatic rings. The number of nitrogens with two attached hydrogens (primary N) is 1. The highest BCUT2D eigenvalue weighted by Crippen LogP contribution is 2.29. The standard InChI is InChI=1S/C24H20N4O3S/c25-19-8-4-16(5-9-19)23(31)26-13-22(30)28-24-27-21(14-32-24)18-3-1-2-17(12-18)15-6-10-20(29)11-7-15/h1-12,14,29H,13,25H2,(H,26,31)(H,27,28,30). The van der Waals surface area contributed by atoms with E-state index in [9.17, 15) is 14.7 Å². The smallest absolute Gasteiger partial charge is 0.251 e. The van der Waals surface area contributed by atoms with Gasteiger partial charge in [-0.2, -0.15) is 0 Å². The maximum Gasteiger partial charge on any atom is 0.251 e. The first kappa shape index (κ1) is 21.1. The van der Waals surface area contributed by atoms with Crippen molar-refractivity contribution in [2.75, 3.05) is 17.6 Å². The number of benzene rings is 3. The molecule has 0 saturated heterocycles. The van der Waals surface area contributed by atoms with Crippen LogP contribution in [0.1, 0.15) is 10.4 Å². The van der Waals surface area contributed by atoms with Crippen LogP contribution in [0.4, 0.5) is 10.8 Å².